The van der Waals surface area contributed by atoms with Crippen molar-refractivity contribution in [3.05, 3.63) is 70.6 Å². The van der Waals surface area contributed by atoms with Crippen molar-refractivity contribution in [2.75, 3.05) is 5.32 Å². The highest BCUT2D eigenvalue weighted by Crippen LogP contribution is 2.49. The number of aryl methyl sites for hydroxylation is 1. The number of amides is 1. The van der Waals surface area contributed by atoms with E-state index >= 15 is 0 Å². The molecule has 0 bridgehead atoms. The summed E-state index contributed by atoms with van der Waals surface area (Å²) < 4.78 is 41.3. The number of hydrogen-bond acceptors (Lipinski definition) is 7. The number of nitrogens with one attached hydrogen (secondary N) is 1. The maximum absolute atomic E-state index is 13.5. The molecule has 0 saturated carbocycles. The van der Waals surface area contributed by atoms with E-state index in [1.807, 2.05) is 13.8 Å². The van der Waals surface area contributed by atoms with Gasteiger partial charge in [0.25, 0.3) is 5.91 Å². The monoisotopic (exact) mass is 513 g/mol. The minimum Gasteiger partial charge on any atom is -0.322 e. The van der Waals surface area contributed by atoms with Gasteiger partial charge < -0.3 is 10.2 Å². The first-order valence-electron chi connectivity index (χ1n) is 11.1. The van der Waals surface area contributed by atoms with Crippen LogP contribution in [0.3, 0.4) is 0 Å². The number of pyridine rings is 1. The van der Waals surface area contributed by atoms with Crippen molar-refractivity contribution in [3.8, 4) is 10.6 Å². The van der Waals surface area contributed by atoms with E-state index in [4.69, 9.17) is 0 Å². The molecule has 1 atom stereocenters. The van der Waals surface area contributed by atoms with Gasteiger partial charge in [-0.3, -0.25) is 14.5 Å². The number of rotatable bonds is 5. The van der Waals surface area contributed by atoms with Gasteiger partial charge in [-0.15, -0.1) is 11.3 Å². The van der Waals surface area contributed by atoms with Gasteiger partial charge in [-0.2, -0.15) is 18.3 Å². The molecule has 0 radical (unpaired) electrons. The van der Waals surface area contributed by atoms with Gasteiger partial charge in [-0.1, -0.05) is 0 Å². The lowest BCUT2D eigenvalue weighted by Crippen LogP contribution is -2.41. The van der Waals surface area contributed by atoms with Crippen LogP contribution in [0.1, 0.15) is 53.3 Å². The molecule has 0 aromatic carbocycles. The van der Waals surface area contributed by atoms with E-state index in [0.29, 0.717) is 22.8 Å². The molecule has 5 heterocycles. The molecule has 1 aliphatic heterocycles. The highest BCUT2D eigenvalue weighted by molar-refractivity contribution is 7.16. The second kappa shape index (κ2) is 8.40. The average molecular weight is 514 g/mol. The average Bonchev–Trinajstić information content (AvgIpc) is 3.50. The topological polar surface area (TPSA) is 88.8 Å². The van der Waals surface area contributed by atoms with Crippen LogP contribution in [0.5, 0.6) is 0 Å². The van der Waals surface area contributed by atoms with Crippen LogP contribution in [0.15, 0.2) is 48.9 Å². The SMILES string of the molecule is C[C@@H](c1ccnc(C(F)(F)F)c1)N1C(=O)c2cc(-c3ccnc(Nc4ccnn4C)n3)sc2C1(C)C. The Kier molecular flexibility index (Phi) is 5.58. The standard InChI is InChI=1S/C24H22F3N7OS/c1-13(14-5-8-28-18(11-14)24(25,26)27)34-21(35)15-12-17(36-20(15)23(34,2)3)16-6-9-29-22(31-16)32-19-7-10-30-33(19)4/h5-13H,1-4H3,(H,29,31,32)/t13-/m0/s1. The molecular weight excluding hydrogens is 491 g/mol. The number of halogens is 3. The zero-order chi connectivity index (χ0) is 25.8. The van der Waals surface area contributed by atoms with Crippen molar-refractivity contribution in [3.63, 3.8) is 0 Å². The summed E-state index contributed by atoms with van der Waals surface area (Å²) in [5.74, 6) is 0.882. The molecule has 1 amide bonds. The van der Waals surface area contributed by atoms with Crippen LogP contribution in [0.25, 0.3) is 10.6 Å². The van der Waals surface area contributed by atoms with Gasteiger partial charge in [-0.05, 0) is 50.6 Å². The first-order chi connectivity index (χ1) is 17.0. The third-order valence-electron chi connectivity index (χ3n) is 6.25. The fourth-order valence-electron chi connectivity index (χ4n) is 4.46. The summed E-state index contributed by atoms with van der Waals surface area (Å²) >= 11 is 1.44. The van der Waals surface area contributed by atoms with Gasteiger partial charge in [0.15, 0.2) is 0 Å². The Balaban J connectivity index is 1.44. The highest BCUT2D eigenvalue weighted by atomic mass is 32.1. The Morgan fingerprint density at radius 3 is 2.50 bits per heavy atom. The second-order valence-corrected chi connectivity index (χ2v) is 10.0. The van der Waals surface area contributed by atoms with Crippen LogP contribution in [-0.2, 0) is 18.8 Å². The van der Waals surface area contributed by atoms with E-state index in [2.05, 4.69) is 25.4 Å². The van der Waals surface area contributed by atoms with Crippen LogP contribution in [0.2, 0.25) is 0 Å². The molecule has 0 saturated heterocycles. The summed E-state index contributed by atoms with van der Waals surface area (Å²) in [5, 5.41) is 7.23. The highest BCUT2D eigenvalue weighted by Gasteiger charge is 2.47. The van der Waals surface area contributed by atoms with E-state index in [9.17, 15) is 18.0 Å². The molecule has 0 unspecified atom stereocenters. The van der Waals surface area contributed by atoms with Gasteiger partial charge in [-0.25, -0.2) is 9.97 Å². The number of hydrogen-bond donors (Lipinski definition) is 1. The van der Waals surface area contributed by atoms with Crippen molar-refractivity contribution in [1.82, 2.24) is 29.6 Å². The van der Waals surface area contributed by atoms with Gasteiger partial charge >= 0.3 is 6.18 Å². The molecule has 1 aliphatic rings. The summed E-state index contributed by atoms with van der Waals surface area (Å²) in [5.41, 5.74) is -0.166. The van der Waals surface area contributed by atoms with Crippen LogP contribution in [-0.4, -0.2) is 35.5 Å². The Bertz CT molecular complexity index is 1460. The Morgan fingerprint density at radius 2 is 1.83 bits per heavy atom. The number of aromatic nitrogens is 5. The molecule has 0 spiro atoms. The summed E-state index contributed by atoms with van der Waals surface area (Å²) in [6, 6.07) is 7.28. The molecule has 186 valence electrons. The lowest BCUT2D eigenvalue weighted by molar-refractivity contribution is -0.141. The van der Waals surface area contributed by atoms with Gasteiger partial charge in [0.1, 0.15) is 11.5 Å². The van der Waals surface area contributed by atoms with Crippen LogP contribution < -0.4 is 5.32 Å². The van der Waals surface area contributed by atoms with E-state index in [0.717, 1.165) is 27.8 Å². The molecule has 0 aliphatic carbocycles. The Labute approximate surface area is 208 Å². The maximum atomic E-state index is 13.5. The molecule has 0 fully saturated rings. The van der Waals surface area contributed by atoms with E-state index in [1.54, 1.807) is 54.1 Å². The smallest absolute Gasteiger partial charge is 0.322 e. The molecular formula is C24H22F3N7OS. The van der Waals surface area contributed by atoms with Crippen LogP contribution in [0.4, 0.5) is 24.9 Å². The number of carbonyl (C=O) groups is 1. The van der Waals surface area contributed by atoms with E-state index < -0.39 is 23.5 Å². The lowest BCUT2D eigenvalue weighted by Gasteiger charge is -2.37. The fourth-order valence-corrected chi connectivity index (χ4v) is 5.68. The zero-order valence-electron chi connectivity index (χ0n) is 19.8. The van der Waals surface area contributed by atoms with E-state index in [-0.39, 0.29) is 5.91 Å². The quantitative estimate of drug-likeness (QED) is 0.377. The van der Waals surface area contributed by atoms with Crippen molar-refractivity contribution >= 4 is 29.0 Å². The summed E-state index contributed by atoms with van der Waals surface area (Å²) in [7, 11) is 1.80. The van der Waals surface area contributed by atoms with Crippen molar-refractivity contribution < 1.29 is 18.0 Å². The van der Waals surface area contributed by atoms with Gasteiger partial charge in [0.05, 0.1) is 33.9 Å². The first kappa shape index (κ1) is 23.9. The number of thiophene rings is 1. The number of fused-ring (bicyclic) bond motifs is 1. The van der Waals surface area contributed by atoms with Gasteiger partial charge in [0.2, 0.25) is 5.95 Å². The zero-order valence-corrected chi connectivity index (χ0v) is 20.6. The summed E-state index contributed by atoms with van der Waals surface area (Å²) in [4.78, 5) is 29.1. The molecule has 12 heteroatoms. The summed E-state index contributed by atoms with van der Waals surface area (Å²) in [6.07, 6.45) is -0.140. The summed E-state index contributed by atoms with van der Waals surface area (Å²) in [6.45, 7) is 5.52. The van der Waals surface area contributed by atoms with Crippen molar-refractivity contribution in [2.24, 2.45) is 7.05 Å². The van der Waals surface area contributed by atoms with Gasteiger partial charge in [0, 0.05) is 30.4 Å². The number of anilines is 2. The Morgan fingerprint density at radius 1 is 1.08 bits per heavy atom. The molecule has 1 N–H and O–H groups in total. The number of carbonyl (C=O) groups excluding carboxylic acids is 1. The van der Waals surface area contributed by atoms with E-state index in [1.165, 1.54) is 17.4 Å². The van der Waals surface area contributed by atoms with Crippen LogP contribution in [0, 0.1) is 0 Å². The normalized spacial score (nSPS) is 15.8. The number of alkyl halides is 3. The van der Waals surface area contributed by atoms with Crippen molar-refractivity contribution in [1.29, 1.82) is 0 Å². The molecule has 4 aromatic rings. The second-order valence-electron chi connectivity index (χ2n) is 8.97. The lowest BCUT2D eigenvalue weighted by atomic mass is 9.99. The molecule has 5 rings (SSSR count). The molecule has 4 aromatic heterocycles. The maximum Gasteiger partial charge on any atom is 0.433 e. The fraction of sp³-hybridized carbons (Fsp3) is 0.292. The minimum atomic E-state index is -4.56. The van der Waals surface area contributed by atoms with Crippen LogP contribution >= 0.6 is 11.3 Å². The predicted molar refractivity (Wildman–Crippen MR) is 129 cm³/mol. The van der Waals surface area contributed by atoms with Crippen molar-refractivity contribution in [2.45, 2.75) is 38.5 Å². The third-order valence-corrected chi connectivity index (χ3v) is 7.72. The molecule has 8 nitrogen and oxygen atoms in total. The number of nitrogens with zero attached hydrogens (tertiary/aromatic N) is 6. The Hall–Kier alpha value is -3.80. The minimum absolute atomic E-state index is 0.238. The molecule has 36 heavy (non-hydrogen) atoms. The largest absolute Gasteiger partial charge is 0.433 e. The predicted octanol–water partition coefficient (Wildman–Crippen LogP) is 5.55. The first-order valence-corrected chi connectivity index (χ1v) is 11.9. The third kappa shape index (κ3) is 4.00.